The molecule has 0 aliphatic rings. The van der Waals surface area contributed by atoms with Gasteiger partial charge in [0.2, 0.25) is 5.91 Å². The second-order valence-electron chi connectivity index (χ2n) is 6.51. The summed E-state index contributed by atoms with van der Waals surface area (Å²) in [5.74, 6) is 0.243. The van der Waals surface area contributed by atoms with Crippen LogP contribution in [-0.2, 0) is 16.8 Å². The predicted octanol–water partition coefficient (Wildman–Crippen LogP) is 3.91. The van der Waals surface area contributed by atoms with Crippen LogP contribution in [0.4, 0.5) is 4.39 Å². The van der Waals surface area contributed by atoms with E-state index in [1.165, 1.54) is 6.07 Å². The van der Waals surface area contributed by atoms with Crippen LogP contribution in [0.5, 0.6) is 5.75 Å². The number of aromatic nitrogens is 1. The van der Waals surface area contributed by atoms with Crippen LogP contribution in [-0.4, -0.2) is 18.0 Å². The Morgan fingerprint density at radius 1 is 1.24 bits per heavy atom. The molecule has 2 N–H and O–H groups in total. The Labute approximate surface area is 146 Å². The van der Waals surface area contributed by atoms with Crippen molar-refractivity contribution >= 4 is 16.8 Å². The lowest BCUT2D eigenvalue weighted by atomic mass is 9.83. The summed E-state index contributed by atoms with van der Waals surface area (Å²) in [6, 6.07) is 12.1. The van der Waals surface area contributed by atoms with Crippen molar-refractivity contribution in [2.24, 2.45) is 0 Å². The molecule has 1 heterocycles. The number of hydrogen-bond donors (Lipinski definition) is 2. The van der Waals surface area contributed by atoms with Crippen molar-refractivity contribution in [3.8, 4) is 5.75 Å². The van der Waals surface area contributed by atoms with E-state index in [1.807, 2.05) is 38.2 Å². The normalized spacial score (nSPS) is 11.5. The zero-order chi connectivity index (χ0) is 18.0. The molecule has 0 saturated heterocycles. The van der Waals surface area contributed by atoms with Crippen molar-refractivity contribution in [3.05, 3.63) is 65.6 Å². The maximum Gasteiger partial charge on any atom is 0.230 e. The Morgan fingerprint density at radius 3 is 2.72 bits per heavy atom. The number of amides is 1. The van der Waals surface area contributed by atoms with Crippen molar-refractivity contribution < 1.29 is 13.9 Å². The van der Waals surface area contributed by atoms with Gasteiger partial charge < -0.3 is 15.0 Å². The van der Waals surface area contributed by atoms with E-state index in [9.17, 15) is 9.18 Å². The maximum absolute atomic E-state index is 13.7. The minimum absolute atomic E-state index is 0.153. The lowest BCUT2D eigenvalue weighted by molar-refractivity contribution is -0.125. The summed E-state index contributed by atoms with van der Waals surface area (Å²) in [5.41, 5.74) is 1.49. The molecule has 5 heteroatoms. The minimum atomic E-state index is -0.782. The van der Waals surface area contributed by atoms with Gasteiger partial charge in [-0.25, -0.2) is 4.39 Å². The highest BCUT2D eigenvalue weighted by Crippen LogP contribution is 2.32. The van der Waals surface area contributed by atoms with Gasteiger partial charge in [0.05, 0.1) is 12.5 Å². The van der Waals surface area contributed by atoms with Gasteiger partial charge in [0.15, 0.2) is 0 Å². The van der Waals surface area contributed by atoms with E-state index in [4.69, 9.17) is 4.74 Å². The number of nitrogens with one attached hydrogen (secondary N) is 2. The molecule has 25 heavy (non-hydrogen) atoms. The molecule has 0 radical (unpaired) electrons. The summed E-state index contributed by atoms with van der Waals surface area (Å²) < 4.78 is 19.0. The zero-order valence-corrected chi connectivity index (χ0v) is 14.5. The molecule has 0 aliphatic carbocycles. The fourth-order valence-electron chi connectivity index (χ4n) is 2.90. The highest BCUT2D eigenvalue weighted by Gasteiger charge is 2.32. The molecule has 0 atom stereocenters. The Kier molecular flexibility index (Phi) is 4.49. The van der Waals surface area contributed by atoms with Crippen LogP contribution in [0.15, 0.2) is 48.7 Å². The number of H-pyrrole nitrogens is 1. The highest BCUT2D eigenvalue weighted by molar-refractivity contribution is 5.95. The molecule has 1 aromatic heterocycles. The van der Waals surface area contributed by atoms with E-state index < -0.39 is 5.41 Å². The number of benzene rings is 2. The molecule has 0 unspecified atom stereocenters. The van der Waals surface area contributed by atoms with Crippen LogP contribution < -0.4 is 10.1 Å². The SMILES string of the molecule is COc1ccc2[nH]cc(C(C)(C)C(=O)NCc3ccccc3F)c2c1. The zero-order valence-electron chi connectivity index (χ0n) is 14.5. The first-order chi connectivity index (χ1) is 11.9. The molecule has 3 rings (SSSR count). The van der Waals surface area contributed by atoms with Crippen LogP contribution in [0.2, 0.25) is 0 Å². The molecule has 0 spiro atoms. The molecule has 0 bridgehead atoms. The average molecular weight is 340 g/mol. The molecule has 1 amide bonds. The molecule has 2 aromatic carbocycles. The monoisotopic (exact) mass is 340 g/mol. The Bertz CT molecular complexity index is 915. The van der Waals surface area contributed by atoms with Crippen molar-refractivity contribution in [2.75, 3.05) is 7.11 Å². The molecular formula is C20H21FN2O2. The highest BCUT2D eigenvalue weighted by atomic mass is 19.1. The van der Waals surface area contributed by atoms with Crippen LogP contribution in [0.25, 0.3) is 10.9 Å². The number of carbonyl (C=O) groups excluding carboxylic acids is 1. The minimum Gasteiger partial charge on any atom is -0.497 e. The molecule has 3 aromatic rings. The van der Waals surface area contributed by atoms with Crippen LogP contribution in [0.3, 0.4) is 0 Å². The van der Waals surface area contributed by atoms with E-state index in [1.54, 1.807) is 25.3 Å². The summed E-state index contributed by atoms with van der Waals surface area (Å²) in [5, 5.41) is 3.77. The van der Waals surface area contributed by atoms with Gasteiger partial charge in [0, 0.05) is 29.2 Å². The van der Waals surface area contributed by atoms with Gasteiger partial charge in [-0.1, -0.05) is 18.2 Å². The van der Waals surface area contributed by atoms with Gasteiger partial charge in [0.25, 0.3) is 0 Å². The summed E-state index contributed by atoms with van der Waals surface area (Å²) in [6.45, 7) is 3.86. The Hall–Kier alpha value is -2.82. The summed E-state index contributed by atoms with van der Waals surface area (Å²) in [6.07, 6.45) is 1.84. The number of rotatable bonds is 5. The topological polar surface area (TPSA) is 54.1 Å². The first kappa shape index (κ1) is 17.0. The van der Waals surface area contributed by atoms with E-state index in [0.717, 1.165) is 22.2 Å². The predicted molar refractivity (Wildman–Crippen MR) is 96.1 cm³/mol. The van der Waals surface area contributed by atoms with Gasteiger partial charge in [-0.3, -0.25) is 4.79 Å². The lowest BCUT2D eigenvalue weighted by Gasteiger charge is -2.23. The van der Waals surface area contributed by atoms with Gasteiger partial charge in [-0.15, -0.1) is 0 Å². The number of methoxy groups -OCH3 is 1. The van der Waals surface area contributed by atoms with Crippen LogP contribution in [0.1, 0.15) is 25.0 Å². The maximum atomic E-state index is 13.7. The van der Waals surface area contributed by atoms with Crippen LogP contribution in [0, 0.1) is 5.82 Å². The number of fused-ring (bicyclic) bond motifs is 1. The molecule has 4 nitrogen and oxygen atoms in total. The molecule has 0 aliphatic heterocycles. The lowest BCUT2D eigenvalue weighted by Crippen LogP contribution is -2.39. The second kappa shape index (κ2) is 6.59. The number of carbonyl (C=O) groups is 1. The van der Waals surface area contributed by atoms with Gasteiger partial charge >= 0.3 is 0 Å². The Balaban J connectivity index is 1.85. The summed E-state index contributed by atoms with van der Waals surface area (Å²) in [4.78, 5) is 16.0. The number of halogens is 1. The number of aromatic amines is 1. The molecule has 0 fully saturated rings. The van der Waals surface area contributed by atoms with Gasteiger partial charge in [-0.2, -0.15) is 0 Å². The molecule has 0 saturated carbocycles. The second-order valence-corrected chi connectivity index (χ2v) is 6.51. The number of ether oxygens (including phenoxy) is 1. The Morgan fingerprint density at radius 2 is 2.00 bits per heavy atom. The average Bonchev–Trinajstić information content (AvgIpc) is 3.04. The van der Waals surface area contributed by atoms with E-state index in [-0.39, 0.29) is 18.3 Å². The van der Waals surface area contributed by atoms with Gasteiger partial charge in [0.1, 0.15) is 11.6 Å². The standard InChI is InChI=1S/C20H21FN2O2/c1-20(2,19(24)23-11-13-6-4-5-7-17(13)21)16-12-22-18-9-8-14(25-3)10-15(16)18/h4-10,12,22H,11H2,1-3H3,(H,23,24). The van der Waals surface area contributed by atoms with Crippen molar-refractivity contribution in [2.45, 2.75) is 25.8 Å². The van der Waals surface area contributed by atoms with E-state index >= 15 is 0 Å². The largest absolute Gasteiger partial charge is 0.497 e. The smallest absolute Gasteiger partial charge is 0.230 e. The first-order valence-electron chi connectivity index (χ1n) is 8.11. The molecule has 130 valence electrons. The fourth-order valence-corrected chi connectivity index (χ4v) is 2.90. The van der Waals surface area contributed by atoms with Crippen molar-refractivity contribution in [1.29, 1.82) is 0 Å². The first-order valence-corrected chi connectivity index (χ1v) is 8.11. The van der Waals surface area contributed by atoms with Crippen molar-refractivity contribution in [1.82, 2.24) is 10.3 Å². The quantitative estimate of drug-likeness (QED) is 0.740. The third-order valence-corrected chi connectivity index (χ3v) is 4.53. The number of hydrogen-bond acceptors (Lipinski definition) is 2. The molecular weight excluding hydrogens is 319 g/mol. The van der Waals surface area contributed by atoms with Gasteiger partial charge in [-0.05, 0) is 43.7 Å². The third kappa shape index (κ3) is 3.22. The summed E-state index contributed by atoms with van der Waals surface area (Å²) in [7, 11) is 1.61. The fraction of sp³-hybridized carbons (Fsp3) is 0.250. The van der Waals surface area contributed by atoms with E-state index in [2.05, 4.69) is 10.3 Å². The third-order valence-electron chi connectivity index (χ3n) is 4.53. The van der Waals surface area contributed by atoms with E-state index in [0.29, 0.717) is 5.56 Å². The summed E-state index contributed by atoms with van der Waals surface area (Å²) >= 11 is 0. The van der Waals surface area contributed by atoms with Crippen LogP contribution >= 0.6 is 0 Å². The van der Waals surface area contributed by atoms with Crippen molar-refractivity contribution in [3.63, 3.8) is 0 Å².